The van der Waals surface area contributed by atoms with Gasteiger partial charge in [0.2, 0.25) is 0 Å². The van der Waals surface area contributed by atoms with Crippen molar-refractivity contribution in [3.05, 3.63) is 71.0 Å². The summed E-state index contributed by atoms with van der Waals surface area (Å²) < 4.78 is 24.2. The molecule has 0 bridgehead atoms. The summed E-state index contributed by atoms with van der Waals surface area (Å²) >= 11 is 0. The second-order valence-electron chi connectivity index (χ2n) is 8.64. The van der Waals surface area contributed by atoms with E-state index in [0.717, 1.165) is 11.6 Å². The van der Waals surface area contributed by atoms with Crippen LogP contribution in [-0.4, -0.2) is 60.6 Å². The second-order valence-corrected chi connectivity index (χ2v) is 8.64. The lowest BCUT2D eigenvalue weighted by Crippen LogP contribution is -2.42. The molecule has 0 saturated heterocycles. The molecule has 2 aromatic carbocycles. The molecule has 0 unspecified atom stereocenters. The van der Waals surface area contributed by atoms with Crippen molar-refractivity contribution in [1.29, 1.82) is 0 Å². The number of benzene rings is 2. The summed E-state index contributed by atoms with van der Waals surface area (Å²) in [4.78, 5) is 39.2. The average Bonchev–Trinajstić information content (AvgIpc) is 2.77. The summed E-state index contributed by atoms with van der Waals surface area (Å²) in [5, 5.41) is 0. The molecule has 178 valence electrons. The number of amides is 2. The first-order valence-corrected chi connectivity index (χ1v) is 10.7. The van der Waals surface area contributed by atoms with Crippen molar-refractivity contribution in [3.8, 4) is 0 Å². The van der Waals surface area contributed by atoms with Gasteiger partial charge in [-0.25, -0.2) is 14.0 Å². The minimum Gasteiger partial charge on any atom is -0.445 e. The summed E-state index contributed by atoms with van der Waals surface area (Å²) in [6.45, 7) is 6.08. The van der Waals surface area contributed by atoms with Crippen LogP contribution in [0.25, 0.3) is 0 Å². The first kappa shape index (κ1) is 25.8. The number of hydrogen-bond donors (Lipinski definition) is 0. The van der Waals surface area contributed by atoms with Gasteiger partial charge in [0.15, 0.2) is 0 Å². The maximum absolute atomic E-state index is 13.4. The molecule has 0 aromatic heterocycles. The zero-order chi connectivity index (χ0) is 24.4. The zero-order valence-corrected chi connectivity index (χ0v) is 19.5. The van der Waals surface area contributed by atoms with Crippen LogP contribution in [0.4, 0.5) is 14.0 Å². The van der Waals surface area contributed by atoms with Gasteiger partial charge in [-0.1, -0.05) is 36.4 Å². The van der Waals surface area contributed by atoms with Gasteiger partial charge >= 0.3 is 12.2 Å². The Hall–Kier alpha value is -3.42. The molecule has 0 fully saturated rings. The quantitative estimate of drug-likeness (QED) is 0.510. The van der Waals surface area contributed by atoms with Gasteiger partial charge in [0.25, 0.3) is 0 Å². The van der Waals surface area contributed by atoms with E-state index >= 15 is 0 Å². The van der Waals surface area contributed by atoms with E-state index in [1.807, 2.05) is 30.3 Å². The summed E-state index contributed by atoms with van der Waals surface area (Å²) in [6.07, 6.45) is -0.134. The van der Waals surface area contributed by atoms with E-state index in [1.54, 1.807) is 27.8 Å². The number of hydrogen-bond acceptors (Lipinski definition) is 5. The molecule has 33 heavy (non-hydrogen) atoms. The Morgan fingerprint density at radius 2 is 1.70 bits per heavy atom. The van der Waals surface area contributed by atoms with E-state index in [1.165, 1.54) is 21.9 Å². The number of ether oxygens (including phenoxy) is 2. The first-order chi connectivity index (χ1) is 15.6. The smallest absolute Gasteiger partial charge is 0.410 e. The molecule has 0 atom stereocenters. The van der Waals surface area contributed by atoms with Gasteiger partial charge < -0.3 is 19.3 Å². The van der Waals surface area contributed by atoms with E-state index < -0.39 is 23.6 Å². The van der Waals surface area contributed by atoms with Crippen LogP contribution in [0.3, 0.4) is 0 Å². The Labute approximate surface area is 194 Å². The van der Waals surface area contributed by atoms with E-state index in [0.29, 0.717) is 18.3 Å². The topological polar surface area (TPSA) is 76.2 Å². The third-order valence-corrected chi connectivity index (χ3v) is 4.76. The van der Waals surface area contributed by atoms with Crippen LogP contribution < -0.4 is 0 Å². The van der Waals surface area contributed by atoms with Crippen molar-refractivity contribution in [2.45, 2.75) is 39.4 Å². The molecule has 0 radical (unpaired) electrons. The molecule has 0 aliphatic carbocycles. The zero-order valence-electron chi connectivity index (χ0n) is 19.5. The fourth-order valence-corrected chi connectivity index (χ4v) is 2.97. The molecular formula is C25H31FN2O5. The van der Waals surface area contributed by atoms with Crippen LogP contribution in [0.1, 0.15) is 42.3 Å². The van der Waals surface area contributed by atoms with Gasteiger partial charge in [-0.3, -0.25) is 4.79 Å². The number of likely N-dealkylation sites (N-methyl/N-ethyl adjacent to an activating group) is 1. The Morgan fingerprint density at radius 3 is 2.33 bits per heavy atom. The predicted molar refractivity (Wildman–Crippen MR) is 123 cm³/mol. The van der Waals surface area contributed by atoms with Crippen molar-refractivity contribution in [1.82, 2.24) is 9.80 Å². The third kappa shape index (κ3) is 8.92. The van der Waals surface area contributed by atoms with E-state index in [2.05, 4.69) is 0 Å². The molecule has 8 heteroatoms. The number of carbonyl (C=O) groups is 3. The van der Waals surface area contributed by atoms with Crippen LogP contribution in [-0.2, 0) is 22.5 Å². The SMILES string of the molecule is CN(CCN(CCc1ccc(F)cc1C=O)C(=O)OCc1ccccc1)C(=O)OC(C)(C)C. The average molecular weight is 459 g/mol. The molecular weight excluding hydrogens is 427 g/mol. The van der Waals surface area contributed by atoms with Gasteiger partial charge in [0, 0.05) is 32.2 Å². The van der Waals surface area contributed by atoms with Gasteiger partial charge in [-0.05, 0) is 50.5 Å². The van der Waals surface area contributed by atoms with Crippen LogP contribution in [0.5, 0.6) is 0 Å². The molecule has 2 rings (SSSR count). The highest BCUT2D eigenvalue weighted by molar-refractivity contribution is 5.77. The molecule has 7 nitrogen and oxygen atoms in total. The standard InChI is InChI=1S/C25H31FN2O5/c1-25(2,3)33-23(30)27(4)14-15-28(24(31)32-18-19-8-6-5-7-9-19)13-12-20-10-11-22(26)16-21(20)17-29/h5-11,16-17H,12-15,18H2,1-4H3. The van der Waals surface area contributed by atoms with Crippen LogP contribution >= 0.6 is 0 Å². The summed E-state index contributed by atoms with van der Waals surface area (Å²) in [5.41, 5.74) is 1.07. The highest BCUT2D eigenvalue weighted by Gasteiger charge is 2.22. The summed E-state index contributed by atoms with van der Waals surface area (Å²) in [7, 11) is 1.59. The van der Waals surface area contributed by atoms with E-state index in [4.69, 9.17) is 9.47 Å². The molecule has 0 spiro atoms. The van der Waals surface area contributed by atoms with Crippen molar-refractivity contribution < 1.29 is 28.2 Å². The van der Waals surface area contributed by atoms with Crippen LogP contribution in [0.15, 0.2) is 48.5 Å². The monoisotopic (exact) mass is 458 g/mol. The third-order valence-electron chi connectivity index (χ3n) is 4.76. The van der Waals surface area contributed by atoms with E-state index in [-0.39, 0.29) is 31.8 Å². The molecule has 0 aliphatic heterocycles. The van der Waals surface area contributed by atoms with Crippen molar-refractivity contribution >= 4 is 18.5 Å². The van der Waals surface area contributed by atoms with Gasteiger partial charge in [0.1, 0.15) is 24.3 Å². The molecule has 0 aliphatic rings. The van der Waals surface area contributed by atoms with Crippen molar-refractivity contribution in [2.75, 3.05) is 26.7 Å². The maximum atomic E-state index is 13.4. The summed E-state index contributed by atoms with van der Waals surface area (Å²) in [5.74, 6) is -0.501. The lowest BCUT2D eigenvalue weighted by atomic mass is 10.1. The van der Waals surface area contributed by atoms with Gasteiger partial charge in [0.05, 0.1) is 0 Å². The molecule has 0 heterocycles. The van der Waals surface area contributed by atoms with E-state index in [9.17, 15) is 18.8 Å². The fraction of sp³-hybridized carbons (Fsp3) is 0.400. The van der Waals surface area contributed by atoms with Crippen LogP contribution in [0, 0.1) is 5.82 Å². The molecule has 0 N–H and O–H groups in total. The molecule has 2 aromatic rings. The van der Waals surface area contributed by atoms with Crippen molar-refractivity contribution in [2.24, 2.45) is 0 Å². The van der Waals surface area contributed by atoms with Crippen molar-refractivity contribution in [3.63, 3.8) is 0 Å². The normalized spacial score (nSPS) is 10.9. The lowest BCUT2D eigenvalue weighted by Gasteiger charge is -2.27. The minimum absolute atomic E-state index is 0.105. The van der Waals surface area contributed by atoms with Gasteiger partial charge in [-0.2, -0.15) is 0 Å². The summed E-state index contributed by atoms with van der Waals surface area (Å²) in [6, 6.07) is 13.2. The Balaban J connectivity index is 2.05. The number of rotatable bonds is 9. The highest BCUT2D eigenvalue weighted by atomic mass is 19.1. The first-order valence-electron chi connectivity index (χ1n) is 10.7. The predicted octanol–water partition coefficient (Wildman–Crippen LogP) is 4.69. The maximum Gasteiger partial charge on any atom is 0.410 e. The second kappa shape index (κ2) is 12.0. The Kier molecular flexibility index (Phi) is 9.39. The fourth-order valence-electron chi connectivity index (χ4n) is 2.97. The van der Waals surface area contributed by atoms with Gasteiger partial charge in [-0.15, -0.1) is 0 Å². The Morgan fingerprint density at radius 1 is 1.00 bits per heavy atom. The lowest BCUT2D eigenvalue weighted by molar-refractivity contribution is 0.0275. The number of nitrogens with zero attached hydrogens (tertiary/aromatic N) is 2. The number of halogens is 1. The molecule has 0 saturated carbocycles. The number of aldehydes is 1. The van der Waals surface area contributed by atoms with Crippen LogP contribution in [0.2, 0.25) is 0 Å². The Bertz CT molecular complexity index is 944. The largest absolute Gasteiger partial charge is 0.445 e. The minimum atomic E-state index is -0.631. The number of carbonyl (C=O) groups excluding carboxylic acids is 3. The highest BCUT2D eigenvalue weighted by Crippen LogP contribution is 2.13. The molecule has 2 amide bonds.